The lowest BCUT2D eigenvalue weighted by molar-refractivity contribution is -0.137. The summed E-state index contributed by atoms with van der Waals surface area (Å²) in [7, 11) is 0. The Morgan fingerprint density at radius 2 is 1.71 bits per heavy atom. The van der Waals surface area contributed by atoms with Crippen molar-refractivity contribution in [1.29, 1.82) is 0 Å². The summed E-state index contributed by atoms with van der Waals surface area (Å²) in [5.41, 5.74) is 1.65. The highest BCUT2D eigenvalue weighted by atomic mass is 19.4. The summed E-state index contributed by atoms with van der Waals surface area (Å²) in [6.45, 7) is 0.576. The first kappa shape index (κ1) is 21.6. The molecule has 5 aromatic rings. The summed E-state index contributed by atoms with van der Waals surface area (Å²) in [6.07, 6.45) is -2.04. The number of carbonyl (C=O) groups excluding carboxylic acids is 1. The third kappa shape index (κ3) is 4.21. The highest BCUT2D eigenvalue weighted by Crippen LogP contribution is 2.29. The highest BCUT2D eigenvalue weighted by Gasteiger charge is 2.30. The molecule has 0 aliphatic heterocycles. The van der Waals surface area contributed by atoms with Crippen molar-refractivity contribution in [3.63, 3.8) is 0 Å². The molecule has 172 valence electrons. The fourth-order valence-corrected chi connectivity index (χ4v) is 3.82. The van der Waals surface area contributed by atoms with Crippen molar-refractivity contribution in [1.82, 2.24) is 29.7 Å². The second-order valence-corrected chi connectivity index (χ2v) is 7.77. The van der Waals surface area contributed by atoms with Crippen LogP contribution in [0.15, 0.2) is 72.9 Å². The van der Waals surface area contributed by atoms with Crippen LogP contribution in [0, 0.1) is 0 Å². The van der Waals surface area contributed by atoms with Crippen LogP contribution in [0.25, 0.3) is 16.6 Å². The van der Waals surface area contributed by atoms with Crippen LogP contribution in [0.4, 0.5) is 13.2 Å². The maximum absolute atomic E-state index is 12.9. The number of aromatic nitrogens is 5. The van der Waals surface area contributed by atoms with Crippen LogP contribution in [-0.4, -0.2) is 36.8 Å². The van der Waals surface area contributed by atoms with E-state index in [9.17, 15) is 18.0 Å². The SMILES string of the molecule is O=C(NCCc1nnc2ccccn12)c1nn(Cc2ccc(C(F)(F)F)cc2)c2ccccc12. The maximum atomic E-state index is 12.9. The van der Waals surface area contributed by atoms with E-state index < -0.39 is 11.7 Å². The molecule has 3 aromatic heterocycles. The number of pyridine rings is 1. The Morgan fingerprint density at radius 1 is 0.941 bits per heavy atom. The van der Waals surface area contributed by atoms with Gasteiger partial charge in [0.05, 0.1) is 17.6 Å². The van der Waals surface area contributed by atoms with Gasteiger partial charge in [-0.25, -0.2) is 0 Å². The van der Waals surface area contributed by atoms with Crippen molar-refractivity contribution >= 4 is 22.5 Å². The summed E-state index contributed by atoms with van der Waals surface area (Å²) in [6, 6.07) is 17.8. The van der Waals surface area contributed by atoms with Crippen molar-refractivity contribution in [3.05, 3.63) is 95.6 Å². The van der Waals surface area contributed by atoms with Gasteiger partial charge < -0.3 is 5.32 Å². The molecule has 5 rings (SSSR count). The number of halogens is 3. The van der Waals surface area contributed by atoms with Gasteiger partial charge in [-0.15, -0.1) is 10.2 Å². The van der Waals surface area contributed by atoms with Gasteiger partial charge in [0.2, 0.25) is 0 Å². The molecule has 0 spiro atoms. The van der Waals surface area contributed by atoms with E-state index >= 15 is 0 Å². The summed E-state index contributed by atoms with van der Waals surface area (Å²) in [5, 5.41) is 16.3. The molecule has 0 radical (unpaired) electrons. The van der Waals surface area contributed by atoms with Gasteiger partial charge in [0, 0.05) is 24.5 Å². The smallest absolute Gasteiger partial charge is 0.350 e. The first-order valence-electron chi connectivity index (χ1n) is 10.6. The van der Waals surface area contributed by atoms with E-state index in [1.54, 1.807) is 10.7 Å². The molecular weight excluding hydrogens is 445 g/mol. The minimum Gasteiger partial charge on any atom is -0.350 e. The van der Waals surface area contributed by atoms with Gasteiger partial charge in [0.1, 0.15) is 5.82 Å². The van der Waals surface area contributed by atoms with E-state index in [0.717, 1.165) is 29.1 Å². The number of amides is 1. The van der Waals surface area contributed by atoms with Crippen molar-refractivity contribution in [2.24, 2.45) is 0 Å². The lowest BCUT2D eigenvalue weighted by atomic mass is 10.1. The topological polar surface area (TPSA) is 77.1 Å². The minimum atomic E-state index is -4.39. The second kappa shape index (κ2) is 8.62. The molecule has 0 aliphatic rings. The zero-order valence-electron chi connectivity index (χ0n) is 17.8. The number of hydrogen-bond acceptors (Lipinski definition) is 4. The Bertz CT molecular complexity index is 1470. The van der Waals surface area contributed by atoms with Crippen molar-refractivity contribution in [2.45, 2.75) is 19.1 Å². The van der Waals surface area contributed by atoms with Gasteiger partial charge >= 0.3 is 6.18 Å². The summed E-state index contributed by atoms with van der Waals surface area (Å²) >= 11 is 0. The molecule has 1 amide bonds. The predicted molar refractivity (Wildman–Crippen MR) is 119 cm³/mol. The molecule has 10 heteroatoms. The van der Waals surface area contributed by atoms with Crippen LogP contribution >= 0.6 is 0 Å². The first-order valence-corrected chi connectivity index (χ1v) is 10.6. The van der Waals surface area contributed by atoms with Gasteiger partial charge in [-0.05, 0) is 35.9 Å². The number of hydrogen-bond donors (Lipinski definition) is 1. The molecular formula is C24H19F3N6O. The molecule has 0 bridgehead atoms. The molecule has 0 unspecified atom stereocenters. The van der Waals surface area contributed by atoms with Crippen molar-refractivity contribution < 1.29 is 18.0 Å². The van der Waals surface area contributed by atoms with E-state index in [1.807, 2.05) is 47.0 Å². The van der Waals surface area contributed by atoms with Crippen LogP contribution in [0.5, 0.6) is 0 Å². The van der Waals surface area contributed by atoms with Crippen LogP contribution in [0.1, 0.15) is 27.4 Å². The second-order valence-electron chi connectivity index (χ2n) is 7.77. The van der Waals surface area contributed by atoms with Crippen molar-refractivity contribution in [3.8, 4) is 0 Å². The molecule has 0 saturated carbocycles. The van der Waals surface area contributed by atoms with E-state index in [0.29, 0.717) is 23.9 Å². The predicted octanol–water partition coefficient (Wildman–Crippen LogP) is 4.12. The van der Waals surface area contributed by atoms with E-state index in [4.69, 9.17) is 0 Å². The van der Waals surface area contributed by atoms with Crippen LogP contribution in [0.3, 0.4) is 0 Å². The minimum absolute atomic E-state index is 0.234. The Labute approximate surface area is 191 Å². The van der Waals surface area contributed by atoms with E-state index in [-0.39, 0.29) is 18.1 Å². The molecule has 0 atom stereocenters. The lowest BCUT2D eigenvalue weighted by Gasteiger charge is -2.08. The number of benzene rings is 2. The third-order valence-electron chi connectivity index (χ3n) is 5.51. The molecule has 34 heavy (non-hydrogen) atoms. The molecule has 0 fully saturated rings. The average molecular weight is 464 g/mol. The monoisotopic (exact) mass is 464 g/mol. The average Bonchev–Trinajstić information content (AvgIpc) is 3.41. The summed E-state index contributed by atoms with van der Waals surface area (Å²) in [4.78, 5) is 12.9. The van der Waals surface area contributed by atoms with Gasteiger partial charge in [-0.2, -0.15) is 18.3 Å². The largest absolute Gasteiger partial charge is 0.416 e. The number of rotatable bonds is 6. The first-order chi connectivity index (χ1) is 16.4. The number of nitrogens with zero attached hydrogens (tertiary/aromatic N) is 5. The number of carbonyl (C=O) groups is 1. The van der Waals surface area contributed by atoms with Crippen LogP contribution in [-0.2, 0) is 19.1 Å². The normalized spacial score (nSPS) is 11.9. The van der Waals surface area contributed by atoms with Crippen LogP contribution < -0.4 is 5.32 Å². The number of alkyl halides is 3. The highest BCUT2D eigenvalue weighted by molar-refractivity contribution is 6.04. The molecule has 0 saturated heterocycles. The quantitative estimate of drug-likeness (QED) is 0.410. The number of nitrogens with one attached hydrogen (secondary N) is 1. The summed E-state index contributed by atoms with van der Waals surface area (Å²) in [5.74, 6) is 0.393. The number of fused-ring (bicyclic) bond motifs is 2. The van der Waals surface area contributed by atoms with Gasteiger partial charge in [-0.1, -0.05) is 36.4 Å². The fraction of sp³-hybridized carbons (Fsp3) is 0.167. The number of para-hydroxylation sites is 1. The van der Waals surface area contributed by atoms with Gasteiger partial charge in [-0.3, -0.25) is 13.9 Å². The fourth-order valence-electron chi connectivity index (χ4n) is 3.82. The molecule has 2 aromatic carbocycles. The Morgan fingerprint density at radius 3 is 2.50 bits per heavy atom. The van der Waals surface area contributed by atoms with Gasteiger partial charge in [0.25, 0.3) is 5.91 Å². The van der Waals surface area contributed by atoms with E-state index in [2.05, 4.69) is 20.6 Å². The zero-order chi connectivity index (χ0) is 23.7. The molecule has 7 nitrogen and oxygen atoms in total. The zero-order valence-corrected chi connectivity index (χ0v) is 17.8. The van der Waals surface area contributed by atoms with Crippen LogP contribution in [0.2, 0.25) is 0 Å². The maximum Gasteiger partial charge on any atom is 0.416 e. The van der Waals surface area contributed by atoms with E-state index in [1.165, 1.54) is 12.1 Å². The lowest BCUT2D eigenvalue weighted by Crippen LogP contribution is -2.27. The molecule has 3 heterocycles. The Kier molecular flexibility index (Phi) is 5.48. The van der Waals surface area contributed by atoms with Crippen molar-refractivity contribution in [2.75, 3.05) is 6.54 Å². The Hall–Kier alpha value is -4.21. The standard InChI is InChI=1S/C24H19F3N6O/c25-24(26,27)17-10-8-16(9-11-17)15-33-19-6-2-1-5-18(19)22(31-33)23(34)28-13-12-21-30-29-20-7-3-4-14-32(20)21/h1-11,14H,12-13,15H2,(H,28,34). The molecule has 1 N–H and O–H groups in total. The third-order valence-corrected chi connectivity index (χ3v) is 5.51. The Balaban J connectivity index is 1.33. The van der Waals surface area contributed by atoms with Gasteiger partial charge in [0.15, 0.2) is 11.3 Å². The summed E-state index contributed by atoms with van der Waals surface area (Å²) < 4.78 is 42.0. The molecule has 0 aliphatic carbocycles.